The number of primary amides is 1. The van der Waals surface area contributed by atoms with Gasteiger partial charge < -0.3 is 19.9 Å². The van der Waals surface area contributed by atoms with Crippen molar-refractivity contribution >= 4 is 11.9 Å². The molecule has 0 unspecified atom stereocenters. The lowest BCUT2D eigenvalue weighted by Crippen LogP contribution is -2.12. The summed E-state index contributed by atoms with van der Waals surface area (Å²) in [6, 6.07) is 17.3. The van der Waals surface area contributed by atoms with Gasteiger partial charge >= 0.3 is 5.97 Å². The van der Waals surface area contributed by atoms with E-state index >= 15 is 0 Å². The second kappa shape index (κ2) is 8.78. The Labute approximate surface area is 191 Å². The normalized spacial score (nSPS) is 11.0. The molecule has 0 aliphatic heterocycles. The smallest absolute Gasteiger partial charge is 0.303 e. The Morgan fingerprint density at radius 3 is 2.27 bits per heavy atom. The zero-order chi connectivity index (χ0) is 23.7. The first kappa shape index (κ1) is 22.1. The molecule has 0 saturated carbocycles. The van der Waals surface area contributed by atoms with E-state index in [9.17, 15) is 14.7 Å². The van der Waals surface area contributed by atoms with Gasteiger partial charge in [-0.3, -0.25) is 9.59 Å². The molecule has 0 radical (unpaired) electrons. The van der Waals surface area contributed by atoms with Crippen LogP contribution in [0.25, 0.3) is 28.1 Å². The average Bonchev–Trinajstić information content (AvgIpc) is 3.35. The molecule has 0 aliphatic rings. The maximum absolute atomic E-state index is 11.6. The average molecular weight is 444 g/mol. The van der Waals surface area contributed by atoms with Gasteiger partial charge in [-0.2, -0.15) is 0 Å². The SMILES string of the molecule is Cc1cc(C(N)=O)ccc1-n1c(CCC(=O)O)ccc1-c1ccc(-c2c(C)noc2C)cc1. The lowest BCUT2D eigenvalue weighted by molar-refractivity contribution is -0.136. The summed E-state index contributed by atoms with van der Waals surface area (Å²) in [6.45, 7) is 5.72. The van der Waals surface area contributed by atoms with Crippen LogP contribution < -0.4 is 5.73 Å². The topological polar surface area (TPSA) is 111 Å². The summed E-state index contributed by atoms with van der Waals surface area (Å²) in [5.41, 5.74) is 13.2. The number of nitrogens with zero attached hydrogens (tertiary/aromatic N) is 2. The molecule has 0 saturated heterocycles. The van der Waals surface area contributed by atoms with E-state index in [2.05, 4.69) is 5.16 Å². The summed E-state index contributed by atoms with van der Waals surface area (Å²) in [5.74, 6) is -0.572. The lowest BCUT2D eigenvalue weighted by atomic mass is 10.0. The number of amides is 1. The molecule has 3 N–H and O–H groups in total. The van der Waals surface area contributed by atoms with E-state index in [0.29, 0.717) is 12.0 Å². The van der Waals surface area contributed by atoms with Gasteiger partial charge in [0, 0.05) is 22.5 Å². The fourth-order valence-electron chi connectivity index (χ4n) is 4.18. The molecule has 0 atom stereocenters. The Morgan fingerprint density at radius 2 is 1.70 bits per heavy atom. The monoisotopic (exact) mass is 443 g/mol. The Kier molecular flexibility index (Phi) is 5.87. The van der Waals surface area contributed by atoms with E-state index < -0.39 is 11.9 Å². The summed E-state index contributed by atoms with van der Waals surface area (Å²) in [6.07, 6.45) is 0.399. The van der Waals surface area contributed by atoms with Crippen LogP contribution >= 0.6 is 0 Å². The fraction of sp³-hybridized carbons (Fsp3) is 0.192. The molecule has 2 aromatic heterocycles. The summed E-state index contributed by atoms with van der Waals surface area (Å²) in [7, 11) is 0. The molecule has 33 heavy (non-hydrogen) atoms. The van der Waals surface area contributed by atoms with E-state index in [-0.39, 0.29) is 6.42 Å². The van der Waals surface area contributed by atoms with E-state index in [1.807, 2.05) is 67.8 Å². The van der Waals surface area contributed by atoms with Gasteiger partial charge in [0.2, 0.25) is 5.91 Å². The predicted octanol–water partition coefficient (Wildman–Crippen LogP) is 4.84. The standard InChI is InChI=1S/C26H25N3O4/c1-15-14-20(26(27)32)8-11-22(15)29-21(10-13-24(30)31)9-12-23(29)18-4-6-19(7-5-18)25-16(2)28-33-17(25)3/h4-9,11-12,14H,10,13H2,1-3H3,(H2,27,32)(H,30,31). The number of nitrogens with two attached hydrogens (primary N) is 1. The molecular weight excluding hydrogens is 418 g/mol. The van der Waals surface area contributed by atoms with Crippen molar-refractivity contribution in [2.45, 2.75) is 33.6 Å². The molecule has 4 aromatic rings. The number of benzene rings is 2. The Morgan fingerprint density at radius 1 is 1.00 bits per heavy atom. The van der Waals surface area contributed by atoms with Crippen molar-refractivity contribution in [2.24, 2.45) is 5.73 Å². The highest BCUT2D eigenvalue weighted by Gasteiger charge is 2.17. The van der Waals surface area contributed by atoms with Crippen LogP contribution in [-0.2, 0) is 11.2 Å². The van der Waals surface area contributed by atoms with Gasteiger partial charge in [0.05, 0.1) is 17.8 Å². The van der Waals surface area contributed by atoms with Crippen LogP contribution in [0.15, 0.2) is 59.1 Å². The van der Waals surface area contributed by atoms with Crippen molar-refractivity contribution in [1.29, 1.82) is 0 Å². The number of carboxylic acids is 1. The van der Waals surface area contributed by atoms with E-state index in [1.165, 1.54) is 0 Å². The van der Waals surface area contributed by atoms with Gasteiger partial charge in [0.1, 0.15) is 5.76 Å². The Bertz CT molecular complexity index is 1330. The van der Waals surface area contributed by atoms with E-state index in [4.69, 9.17) is 10.3 Å². The molecule has 0 spiro atoms. The third kappa shape index (κ3) is 4.30. The lowest BCUT2D eigenvalue weighted by Gasteiger charge is -2.17. The third-order valence-electron chi connectivity index (χ3n) is 5.78. The number of rotatable bonds is 7. The van der Waals surface area contributed by atoms with Crippen molar-refractivity contribution in [3.63, 3.8) is 0 Å². The second-order valence-corrected chi connectivity index (χ2v) is 8.08. The first-order valence-electron chi connectivity index (χ1n) is 10.6. The van der Waals surface area contributed by atoms with Crippen LogP contribution in [0.2, 0.25) is 0 Å². The van der Waals surface area contributed by atoms with Gasteiger partial charge in [-0.25, -0.2) is 0 Å². The second-order valence-electron chi connectivity index (χ2n) is 8.08. The first-order valence-corrected chi connectivity index (χ1v) is 10.6. The van der Waals surface area contributed by atoms with Crippen LogP contribution in [0.3, 0.4) is 0 Å². The number of carbonyl (C=O) groups excluding carboxylic acids is 1. The molecule has 2 heterocycles. The van der Waals surface area contributed by atoms with Crippen LogP contribution in [0.1, 0.15) is 39.5 Å². The highest BCUT2D eigenvalue weighted by Crippen LogP contribution is 2.32. The summed E-state index contributed by atoms with van der Waals surface area (Å²) in [4.78, 5) is 22.8. The van der Waals surface area contributed by atoms with Gasteiger partial charge in [0.25, 0.3) is 0 Å². The van der Waals surface area contributed by atoms with Crippen molar-refractivity contribution in [1.82, 2.24) is 9.72 Å². The maximum Gasteiger partial charge on any atom is 0.303 e. The maximum atomic E-state index is 11.6. The molecule has 0 fully saturated rings. The van der Waals surface area contributed by atoms with Gasteiger partial charge in [0.15, 0.2) is 0 Å². The molecule has 4 rings (SSSR count). The number of hydrogen-bond acceptors (Lipinski definition) is 4. The number of aryl methyl sites for hydroxylation is 4. The summed E-state index contributed by atoms with van der Waals surface area (Å²) < 4.78 is 7.35. The molecule has 7 heteroatoms. The van der Waals surface area contributed by atoms with Crippen molar-refractivity contribution in [2.75, 3.05) is 0 Å². The number of carboxylic acid groups (broad SMARTS) is 1. The molecule has 0 bridgehead atoms. The minimum Gasteiger partial charge on any atom is -0.481 e. The molecule has 168 valence electrons. The molecular formula is C26H25N3O4. The molecule has 2 aromatic carbocycles. The highest BCUT2D eigenvalue weighted by molar-refractivity contribution is 5.93. The van der Waals surface area contributed by atoms with Gasteiger partial charge in [-0.15, -0.1) is 0 Å². The fourth-order valence-corrected chi connectivity index (χ4v) is 4.18. The zero-order valence-electron chi connectivity index (χ0n) is 18.8. The molecule has 7 nitrogen and oxygen atoms in total. The third-order valence-corrected chi connectivity index (χ3v) is 5.78. The van der Waals surface area contributed by atoms with Crippen molar-refractivity contribution in [3.05, 3.63) is 82.9 Å². The van der Waals surface area contributed by atoms with Crippen LogP contribution in [-0.4, -0.2) is 26.7 Å². The first-order chi connectivity index (χ1) is 15.8. The van der Waals surface area contributed by atoms with E-state index in [0.717, 1.165) is 50.8 Å². The Hall–Kier alpha value is -4.13. The number of hydrogen-bond donors (Lipinski definition) is 2. The van der Waals surface area contributed by atoms with Gasteiger partial charge in [-0.05, 0) is 74.2 Å². The van der Waals surface area contributed by atoms with Crippen molar-refractivity contribution in [3.8, 4) is 28.1 Å². The quantitative estimate of drug-likeness (QED) is 0.424. The summed E-state index contributed by atoms with van der Waals surface area (Å²) >= 11 is 0. The van der Waals surface area contributed by atoms with Gasteiger partial charge in [-0.1, -0.05) is 29.4 Å². The number of aliphatic carboxylic acids is 1. The van der Waals surface area contributed by atoms with E-state index in [1.54, 1.807) is 12.1 Å². The van der Waals surface area contributed by atoms with Crippen LogP contribution in [0.4, 0.5) is 0 Å². The minimum absolute atomic E-state index is 0.0207. The largest absolute Gasteiger partial charge is 0.481 e. The van der Waals surface area contributed by atoms with Crippen molar-refractivity contribution < 1.29 is 19.2 Å². The highest BCUT2D eigenvalue weighted by atomic mass is 16.5. The molecule has 1 amide bonds. The number of aromatic nitrogens is 2. The number of carbonyl (C=O) groups is 2. The molecule has 0 aliphatic carbocycles. The van der Waals surface area contributed by atoms with Crippen LogP contribution in [0.5, 0.6) is 0 Å². The predicted molar refractivity (Wildman–Crippen MR) is 125 cm³/mol. The zero-order valence-corrected chi connectivity index (χ0v) is 18.8. The minimum atomic E-state index is -0.853. The summed E-state index contributed by atoms with van der Waals surface area (Å²) in [5, 5.41) is 13.2. The van der Waals surface area contributed by atoms with Crippen LogP contribution in [0, 0.1) is 20.8 Å². The Balaban J connectivity index is 1.81.